The molecule has 0 radical (unpaired) electrons. The maximum Gasteiger partial charge on any atom is 0.222 e. The minimum Gasteiger partial charge on any atom is -0.341 e. The molecule has 1 amide bonds. The van der Waals surface area contributed by atoms with Gasteiger partial charge in [0.1, 0.15) is 0 Å². The number of rotatable bonds is 5. The highest BCUT2D eigenvalue weighted by atomic mass is 35.5. The Kier molecular flexibility index (Phi) is 5.21. The number of hydrogen-bond donors (Lipinski definition) is 0. The fraction of sp³-hybridized carbons (Fsp3) is 0.312. The lowest BCUT2D eigenvalue weighted by atomic mass is 10.1. The summed E-state index contributed by atoms with van der Waals surface area (Å²) in [5.74, 6) is 0.162. The highest BCUT2D eigenvalue weighted by molar-refractivity contribution is 7.16. The van der Waals surface area contributed by atoms with Crippen LogP contribution in [0.3, 0.4) is 0 Å². The van der Waals surface area contributed by atoms with E-state index in [1.807, 2.05) is 19.2 Å². The van der Waals surface area contributed by atoms with Crippen molar-refractivity contribution in [2.24, 2.45) is 0 Å². The fourth-order valence-electron chi connectivity index (χ4n) is 1.96. The van der Waals surface area contributed by atoms with E-state index >= 15 is 0 Å². The average Bonchev–Trinajstić information content (AvgIpc) is 2.83. The van der Waals surface area contributed by atoms with Crippen molar-refractivity contribution in [1.29, 1.82) is 0 Å². The topological polar surface area (TPSA) is 20.3 Å². The Morgan fingerprint density at radius 3 is 2.50 bits per heavy atom. The van der Waals surface area contributed by atoms with Crippen LogP contribution in [0.5, 0.6) is 0 Å². The Morgan fingerprint density at radius 1 is 1.20 bits per heavy atom. The predicted octanol–water partition coefficient (Wildman–Crippen LogP) is 4.30. The molecule has 0 aliphatic carbocycles. The normalized spacial score (nSPS) is 10.6. The molecule has 2 rings (SSSR count). The molecule has 2 nitrogen and oxygen atoms in total. The number of halogens is 1. The number of benzene rings is 1. The van der Waals surface area contributed by atoms with E-state index in [2.05, 4.69) is 31.2 Å². The van der Waals surface area contributed by atoms with E-state index in [1.165, 1.54) is 22.5 Å². The van der Waals surface area contributed by atoms with Gasteiger partial charge in [0.25, 0.3) is 0 Å². The zero-order valence-corrected chi connectivity index (χ0v) is 13.3. The largest absolute Gasteiger partial charge is 0.341 e. The van der Waals surface area contributed by atoms with Crippen molar-refractivity contribution < 1.29 is 4.79 Å². The summed E-state index contributed by atoms with van der Waals surface area (Å²) in [6.07, 6.45) is 1.33. The zero-order valence-electron chi connectivity index (χ0n) is 11.7. The van der Waals surface area contributed by atoms with Gasteiger partial charge in [0.05, 0.1) is 10.9 Å². The second-order valence-electron chi connectivity index (χ2n) is 4.94. The summed E-state index contributed by atoms with van der Waals surface area (Å²) in [6.45, 7) is 2.69. The third kappa shape index (κ3) is 4.36. The summed E-state index contributed by atoms with van der Waals surface area (Å²) in [5, 5.41) is 0. The van der Waals surface area contributed by atoms with Crippen molar-refractivity contribution in [3.8, 4) is 0 Å². The number of carbonyl (C=O) groups is 1. The van der Waals surface area contributed by atoms with Gasteiger partial charge in [-0.05, 0) is 31.0 Å². The first-order chi connectivity index (χ1) is 9.54. The molecule has 1 aromatic heterocycles. The second kappa shape index (κ2) is 6.91. The molecule has 0 bridgehead atoms. The van der Waals surface area contributed by atoms with Gasteiger partial charge in [0.2, 0.25) is 5.91 Å². The van der Waals surface area contributed by atoms with Crippen molar-refractivity contribution >= 4 is 28.8 Å². The van der Waals surface area contributed by atoms with Crippen LogP contribution in [-0.4, -0.2) is 17.9 Å². The summed E-state index contributed by atoms with van der Waals surface area (Å²) in [6, 6.07) is 12.2. The Bertz CT molecular complexity index is 576. The maximum atomic E-state index is 12.1. The molecule has 2 aromatic rings. The first kappa shape index (κ1) is 15.1. The summed E-state index contributed by atoms with van der Waals surface area (Å²) < 4.78 is 0.764. The Hall–Kier alpha value is -1.32. The molecule has 1 heterocycles. The Balaban J connectivity index is 1.83. The van der Waals surface area contributed by atoms with E-state index in [0.717, 1.165) is 15.6 Å². The first-order valence-electron chi connectivity index (χ1n) is 6.58. The van der Waals surface area contributed by atoms with Gasteiger partial charge in [-0.1, -0.05) is 41.4 Å². The summed E-state index contributed by atoms with van der Waals surface area (Å²) >= 11 is 7.41. The lowest BCUT2D eigenvalue weighted by Crippen LogP contribution is -2.25. The van der Waals surface area contributed by atoms with Crippen LogP contribution in [0.15, 0.2) is 36.4 Å². The van der Waals surface area contributed by atoms with E-state index < -0.39 is 0 Å². The van der Waals surface area contributed by atoms with E-state index in [9.17, 15) is 4.79 Å². The summed E-state index contributed by atoms with van der Waals surface area (Å²) in [7, 11) is 1.84. The zero-order chi connectivity index (χ0) is 14.5. The number of nitrogens with zero attached hydrogens (tertiary/aromatic N) is 1. The lowest BCUT2D eigenvalue weighted by Gasteiger charge is -2.16. The van der Waals surface area contributed by atoms with Crippen LogP contribution in [-0.2, 0) is 17.8 Å². The molecule has 20 heavy (non-hydrogen) atoms. The number of aryl methyl sites for hydroxylation is 2. The molecule has 106 valence electrons. The molecule has 0 fully saturated rings. The van der Waals surface area contributed by atoms with Crippen molar-refractivity contribution in [2.45, 2.75) is 26.3 Å². The minimum absolute atomic E-state index is 0.162. The molecule has 0 aliphatic rings. The quantitative estimate of drug-likeness (QED) is 0.806. The van der Waals surface area contributed by atoms with E-state index in [1.54, 1.807) is 4.90 Å². The fourth-order valence-corrected chi connectivity index (χ4v) is 3.10. The molecular formula is C16H18ClNOS. The summed E-state index contributed by atoms with van der Waals surface area (Å²) in [5.41, 5.74) is 2.45. The van der Waals surface area contributed by atoms with Crippen LogP contribution in [0.1, 0.15) is 22.4 Å². The Morgan fingerprint density at radius 2 is 1.90 bits per heavy atom. The summed E-state index contributed by atoms with van der Waals surface area (Å²) in [4.78, 5) is 15.0. The number of amides is 1. The van der Waals surface area contributed by atoms with E-state index in [0.29, 0.717) is 13.0 Å². The SMILES string of the molecule is Cc1ccc(CCC(=O)N(C)Cc2ccc(Cl)s2)cc1. The van der Waals surface area contributed by atoms with Gasteiger partial charge in [-0.3, -0.25) is 4.79 Å². The highest BCUT2D eigenvalue weighted by Gasteiger charge is 2.10. The lowest BCUT2D eigenvalue weighted by molar-refractivity contribution is -0.130. The van der Waals surface area contributed by atoms with Gasteiger partial charge in [-0.2, -0.15) is 0 Å². The number of carbonyl (C=O) groups excluding carboxylic acids is 1. The van der Waals surface area contributed by atoms with Crippen LogP contribution in [0, 0.1) is 6.92 Å². The van der Waals surface area contributed by atoms with Gasteiger partial charge in [0, 0.05) is 18.3 Å². The molecule has 0 atom stereocenters. The third-order valence-corrected chi connectivity index (χ3v) is 4.41. The minimum atomic E-state index is 0.162. The molecule has 1 aromatic carbocycles. The van der Waals surface area contributed by atoms with Gasteiger partial charge < -0.3 is 4.90 Å². The van der Waals surface area contributed by atoms with Crippen molar-refractivity contribution in [1.82, 2.24) is 4.90 Å². The monoisotopic (exact) mass is 307 g/mol. The number of hydrogen-bond acceptors (Lipinski definition) is 2. The van der Waals surface area contributed by atoms with Gasteiger partial charge >= 0.3 is 0 Å². The van der Waals surface area contributed by atoms with E-state index in [4.69, 9.17) is 11.6 Å². The smallest absolute Gasteiger partial charge is 0.222 e. The highest BCUT2D eigenvalue weighted by Crippen LogP contribution is 2.22. The van der Waals surface area contributed by atoms with Crippen molar-refractivity contribution in [3.63, 3.8) is 0 Å². The molecule has 0 N–H and O–H groups in total. The molecule has 4 heteroatoms. The van der Waals surface area contributed by atoms with Gasteiger partial charge in [-0.25, -0.2) is 0 Å². The van der Waals surface area contributed by atoms with Crippen LogP contribution in [0.4, 0.5) is 0 Å². The predicted molar refractivity (Wildman–Crippen MR) is 85.3 cm³/mol. The van der Waals surface area contributed by atoms with Crippen molar-refractivity contribution in [2.75, 3.05) is 7.05 Å². The van der Waals surface area contributed by atoms with Crippen molar-refractivity contribution in [3.05, 3.63) is 56.7 Å². The van der Waals surface area contributed by atoms with Crippen LogP contribution in [0.2, 0.25) is 4.34 Å². The second-order valence-corrected chi connectivity index (χ2v) is 6.74. The van der Waals surface area contributed by atoms with E-state index in [-0.39, 0.29) is 5.91 Å². The molecule has 0 unspecified atom stereocenters. The van der Waals surface area contributed by atoms with Gasteiger partial charge in [0.15, 0.2) is 0 Å². The molecule has 0 aliphatic heterocycles. The molecule has 0 saturated carbocycles. The first-order valence-corrected chi connectivity index (χ1v) is 7.78. The Labute approximate surface area is 129 Å². The third-order valence-electron chi connectivity index (χ3n) is 3.20. The molecule has 0 spiro atoms. The standard InChI is InChI=1S/C16H18ClNOS/c1-12-3-5-13(6-4-12)7-10-16(19)18(2)11-14-8-9-15(17)20-14/h3-6,8-9H,7,10-11H2,1-2H3. The van der Waals surface area contributed by atoms with Crippen LogP contribution < -0.4 is 0 Å². The molecular weight excluding hydrogens is 290 g/mol. The molecule has 0 saturated heterocycles. The maximum absolute atomic E-state index is 12.1. The average molecular weight is 308 g/mol. The van der Waals surface area contributed by atoms with Crippen LogP contribution in [0.25, 0.3) is 0 Å². The van der Waals surface area contributed by atoms with Gasteiger partial charge in [-0.15, -0.1) is 11.3 Å². The van der Waals surface area contributed by atoms with Crippen LogP contribution >= 0.6 is 22.9 Å². The number of thiophene rings is 1.